The Kier molecular flexibility index (Phi) is 4.20. The summed E-state index contributed by atoms with van der Waals surface area (Å²) in [5.74, 6) is 0.655. The highest BCUT2D eigenvalue weighted by molar-refractivity contribution is 7.98. The van der Waals surface area contributed by atoms with Gasteiger partial charge >= 0.3 is 0 Å². The molecular formula is C12H12N4OS. The Morgan fingerprint density at radius 3 is 3.06 bits per heavy atom. The molecule has 92 valence electrons. The lowest BCUT2D eigenvalue weighted by Gasteiger charge is -2.09. The summed E-state index contributed by atoms with van der Waals surface area (Å²) in [6.45, 7) is 0.659. The summed E-state index contributed by atoms with van der Waals surface area (Å²) in [5, 5.41) is 16.1. The van der Waals surface area contributed by atoms with Gasteiger partial charge in [-0.1, -0.05) is 11.2 Å². The highest BCUT2D eigenvalue weighted by atomic mass is 32.2. The average molecular weight is 260 g/mol. The number of nitrogens with zero attached hydrogens (tertiary/aromatic N) is 3. The van der Waals surface area contributed by atoms with E-state index in [0.717, 1.165) is 10.6 Å². The zero-order valence-electron chi connectivity index (χ0n) is 9.88. The smallest absolute Gasteiger partial charge is 0.213 e. The van der Waals surface area contributed by atoms with Crippen LogP contribution in [-0.2, 0) is 6.42 Å². The molecule has 0 saturated carbocycles. The van der Waals surface area contributed by atoms with Crippen LogP contribution in [0, 0.1) is 11.3 Å². The Bertz CT molecular complexity index is 548. The van der Waals surface area contributed by atoms with Crippen LogP contribution < -0.4 is 5.32 Å². The van der Waals surface area contributed by atoms with Crippen molar-refractivity contribution in [3.05, 3.63) is 36.0 Å². The number of hydrogen-bond donors (Lipinski definition) is 1. The summed E-state index contributed by atoms with van der Waals surface area (Å²) in [6.07, 6.45) is 3.93. The third-order valence-corrected chi connectivity index (χ3v) is 3.21. The van der Waals surface area contributed by atoms with Gasteiger partial charge in [0.2, 0.25) is 6.39 Å². The van der Waals surface area contributed by atoms with Crippen molar-refractivity contribution in [1.82, 2.24) is 10.1 Å². The Labute approximate surface area is 109 Å². The predicted octanol–water partition coefficient (Wildman–Crippen LogP) is 2.32. The predicted molar refractivity (Wildman–Crippen MR) is 69.4 cm³/mol. The standard InChI is InChI=1S/C12H12N4OS/c1-18-11-4-2-3-10(9(11)7-13)14-6-5-12-15-8-17-16-12/h2-4,8,14H,5-6H2,1H3. The number of thioether (sulfide) groups is 1. The second-order valence-corrected chi connectivity index (χ2v) is 4.37. The lowest BCUT2D eigenvalue weighted by atomic mass is 10.2. The molecule has 0 bridgehead atoms. The molecule has 2 rings (SSSR count). The molecule has 0 unspecified atom stereocenters. The molecule has 0 fully saturated rings. The molecular weight excluding hydrogens is 248 g/mol. The van der Waals surface area contributed by atoms with E-state index in [9.17, 15) is 5.26 Å². The fraction of sp³-hybridized carbons (Fsp3) is 0.250. The van der Waals surface area contributed by atoms with E-state index in [4.69, 9.17) is 0 Å². The number of rotatable bonds is 5. The molecule has 1 aromatic carbocycles. The zero-order valence-corrected chi connectivity index (χ0v) is 10.7. The molecule has 6 heteroatoms. The SMILES string of the molecule is CSc1cccc(NCCc2ncon2)c1C#N. The number of nitriles is 1. The van der Waals surface area contributed by atoms with E-state index in [-0.39, 0.29) is 0 Å². The highest BCUT2D eigenvalue weighted by Crippen LogP contribution is 2.26. The van der Waals surface area contributed by atoms with Gasteiger partial charge in [-0.3, -0.25) is 0 Å². The van der Waals surface area contributed by atoms with Crippen molar-refractivity contribution in [2.75, 3.05) is 18.1 Å². The summed E-state index contributed by atoms with van der Waals surface area (Å²) in [5.41, 5.74) is 1.52. The quantitative estimate of drug-likeness (QED) is 0.831. The molecule has 5 nitrogen and oxygen atoms in total. The molecule has 0 amide bonds. The molecule has 0 radical (unpaired) electrons. The van der Waals surface area contributed by atoms with Crippen molar-refractivity contribution < 1.29 is 4.52 Å². The third kappa shape index (κ3) is 2.81. The van der Waals surface area contributed by atoms with Gasteiger partial charge in [0.05, 0.1) is 11.3 Å². The normalized spacial score (nSPS) is 10.0. The Hall–Kier alpha value is -2.00. The first kappa shape index (κ1) is 12.5. The molecule has 0 saturated heterocycles. The van der Waals surface area contributed by atoms with E-state index >= 15 is 0 Å². The van der Waals surface area contributed by atoms with Crippen LogP contribution >= 0.6 is 11.8 Å². The van der Waals surface area contributed by atoms with Gasteiger partial charge in [0, 0.05) is 17.9 Å². The minimum atomic E-state index is 0.655. The maximum Gasteiger partial charge on any atom is 0.213 e. The first-order valence-electron chi connectivity index (χ1n) is 5.41. The van der Waals surface area contributed by atoms with Crippen molar-refractivity contribution in [3.8, 4) is 6.07 Å². The van der Waals surface area contributed by atoms with Crippen LogP contribution in [0.5, 0.6) is 0 Å². The number of hydrogen-bond acceptors (Lipinski definition) is 6. The van der Waals surface area contributed by atoms with Crippen molar-refractivity contribution in [1.29, 1.82) is 5.26 Å². The Morgan fingerprint density at radius 1 is 1.50 bits per heavy atom. The first-order valence-corrected chi connectivity index (χ1v) is 6.64. The van der Waals surface area contributed by atoms with Crippen LogP contribution in [0.25, 0.3) is 0 Å². The van der Waals surface area contributed by atoms with Crippen molar-refractivity contribution in [3.63, 3.8) is 0 Å². The summed E-state index contributed by atoms with van der Waals surface area (Å²) in [6, 6.07) is 7.99. The van der Waals surface area contributed by atoms with E-state index in [2.05, 4.69) is 26.0 Å². The zero-order chi connectivity index (χ0) is 12.8. The average Bonchev–Trinajstić information content (AvgIpc) is 2.91. The van der Waals surface area contributed by atoms with Gasteiger partial charge in [0.25, 0.3) is 0 Å². The fourth-order valence-corrected chi connectivity index (χ4v) is 2.15. The van der Waals surface area contributed by atoms with Gasteiger partial charge in [-0.15, -0.1) is 11.8 Å². The van der Waals surface area contributed by atoms with Crippen molar-refractivity contribution in [2.24, 2.45) is 0 Å². The second-order valence-electron chi connectivity index (χ2n) is 3.52. The van der Waals surface area contributed by atoms with Gasteiger partial charge in [-0.25, -0.2) is 0 Å². The monoisotopic (exact) mass is 260 g/mol. The van der Waals surface area contributed by atoms with Gasteiger partial charge < -0.3 is 9.84 Å². The topological polar surface area (TPSA) is 74.7 Å². The van der Waals surface area contributed by atoms with Crippen LogP contribution in [0.1, 0.15) is 11.4 Å². The number of anilines is 1. The molecule has 18 heavy (non-hydrogen) atoms. The van der Waals surface area contributed by atoms with E-state index in [1.54, 1.807) is 11.8 Å². The van der Waals surface area contributed by atoms with Crippen LogP contribution in [0.3, 0.4) is 0 Å². The second kappa shape index (κ2) is 6.07. The van der Waals surface area contributed by atoms with E-state index < -0.39 is 0 Å². The lowest BCUT2D eigenvalue weighted by molar-refractivity contribution is 0.410. The Balaban J connectivity index is 2.03. The molecule has 1 aromatic heterocycles. The molecule has 0 aliphatic heterocycles. The summed E-state index contributed by atoms with van der Waals surface area (Å²) in [7, 11) is 0. The minimum Gasteiger partial charge on any atom is -0.383 e. The van der Waals surface area contributed by atoms with Crippen LogP contribution in [0.15, 0.2) is 34.0 Å². The minimum absolute atomic E-state index is 0.655. The van der Waals surface area contributed by atoms with Gasteiger partial charge in [0.15, 0.2) is 5.82 Å². The largest absolute Gasteiger partial charge is 0.383 e. The number of aromatic nitrogens is 2. The third-order valence-electron chi connectivity index (χ3n) is 2.43. The number of benzene rings is 1. The summed E-state index contributed by atoms with van der Waals surface area (Å²) < 4.78 is 4.65. The molecule has 0 aliphatic carbocycles. The van der Waals surface area contributed by atoms with Crippen LogP contribution in [0.2, 0.25) is 0 Å². The van der Waals surface area contributed by atoms with Gasteiger partial charge in [0.1, 0.15) is 6.07 Å². The maximum absolute atomic E-state index is 9.17. The molecule has 1 heterocycles. The van der Waals surface area contributed by atoms with Crippen LogP contribution in [-0.4, -0.2) is 22.9 Å². The van der Waals surface area contributed by atoms with Crippen molar-refractivity contribution >= 4 is 17.4 Å². The lowest BCUT2D eigenvalue weighted by Crippen LogP contribution is -2.07. The van der Waals surface area contributed by atoms with Gasteiger partial charge in [-0.05, 0) is 18.4 Å². The van der Waals surface area contributed by atoms with E-state index in [1.165, 1.54) is 6.39 Å². The molecule has 1 N–H and O–H groups in total. The van der Waals surface area contributed by atoms with Crippen molar-refractivity contribution in [2.45, 2.75) is 11.3 Å². The van der Waals surface area contributed by atoms with Gasteiger partial charge in [-0.2, -0.15) is 10.2 Å². The molecule has 0 atom stereocenters. The van der Waals surface area contributed by atoms with Crippen LogP contribution in [0.4, 0.5) is 5.69 Å². The fourth-order valence-electron chi connectivity index (χ4n) is 1.58. The molecule has 0 aliphatic rings. The molecule has 2 aromatic rings. The Morgan fingerprint density at radius 2 is 2.39 bits per heavy atom. The maximum atomic E-state index is 9.17. The number of nitrogens with one attached hydrogen (secondary N) is 1. The highest BCUT2D eigenvalue weighted by Gasteiger charge is 2.07. The summed E-state index contributed by atoms with van der Waals surface area (Å²) >= 11 is 1.56. The van der Waals surface area contributed by atoms with E-state index in [0.29, 0.717) is 24.4 Å². The molecule has 0 spiro atoms. The summed E-state index contributed by atoms with van der Waals surface area (Å²) in [4.78, 5) is 4.91. The first-order chi connectivity index (χ1) is 8.85. The van der Waals surface area contributed by atoms with E-state index in [1.807, 2.05) is 24.5 Å².